The Kier molecular flexibility index (Phi) is 6.89. The van der Waals surface area contributed by atoms with Crippen LogP contribution in [0.2, 0.25) is 0 Å². The fraction of sp³-hybridized carbons (Fsp3) is 0.414. The summed E-state index contributed by atoms with van der Waals surface area (Å²) >= 11 is 0. The van der Waals surface area contributed by atoms with E-state index in [1.165, 1.54) is 17.5 Å². The van der Waals surface area contributed by atoms with E-state index in [4.69, 9.17) is 4.98 Å². The minimum Gasteiger partial charge on any atom is -0.356 e. The van der Waals surface area contributed by atoms with Crippen LogP contribution in [0, 0.1) is 12.8 Å². The van der Waals surface area contributed by atoms with Gasteiger partial charge in [-0.3, -0.25) is 4.79 Å². The van der Waals surface area contributed by atoms with Crippen molar-refractivity contribution in [2.45, 2.75) is 45.4 Å². The van der Waals surface area contributed by atoms with Crippen LogP contribution in [-0.2, 0) is 6.42 Å². The Morgan fingerprint density at radius 1 is 0.941 bits per heavy atom. The molecule has 2 aromatic carbocycles. The Labute approximate surface area is 202 Å². The quantitative estimate of drug-likeness (QED) is 0.508. The molecule has 0 spiro atoms. The minimum absolute atomic E-state index is 0.0805. The lowest BCUT2D eigenvalue weighted by atomic mass is 9.90. The molecule has 1 aromatic heterocycles. The molecule has 2 aliphatic rings. The Hall–Kier alpha value is -3.21. The van der Waals surface area contributed by atoms with E-state index in [0.717, 1.165) is 69.7 Å². The van der Waals surface area contributed by atoms with Crippen molar-refractivity contribution in [1.82, 2.24) is 14.9 Å². The van der Waals surface area contributed by atoms with Crippen LogP contribution in [0.25, 0.3) is 11.4 Å². The number of carbonyl (C=O) groups excluding carboxylic acids is 1. The molecule has 2 aliphatic heterocycles. The van der Waals surface area contributed by atoms with Gasteiger partial charge in [0.15, 0.2) is 5.82 Å². The maximum atomic E-state index is 13.5. The predicted octanol–water partition coefficient (Wildman–Crippen LogP) is 5.54. The standard InChI is InChI=1S/C29H34N4O/c1-22-9-8-12-25(19-22)27-30-21-26(29(34)33-15-6-3-7-16-33)28(31-27)32-17-13-24(14-18-32)20-23-10-4-2-5-11-23/h2,4-5,8-12,19,21,24H,3,6-7,13-18,20H2,1H3. The molecule has 5 heteroatoms. The van der Waals surface area contributed by atoms with Crippen LogP contribution in [0.4, 0.5) is 5.82 Å². The van der Waals surface area contributed by atoms with Gasteiger partial charge >= 0.3 is 0 Å². The van der Waals surface area contributed by atoms with Crippen LogP contribution in [-0.4, -0.2) is 47.0 Å². The van der Waals surface area contributed by atoms with Gasteiger partial charge in [-0.1, -0.05) is 54.1 Å². The van der Waals surface area contributed by atoms with Gasteiger partial charge in [0.1, 0.15) is 11.4 Å². The first-order valence-electron chi connectivity index (χ1n) is 12.7. The summed E-state index contributed by atoms with van der Waals surface area (Å²) in [6, 6.07) is 19.0. The number of rotatable bonds is 5. The fourth-order valence-electron chi connectivity index (χ4n) is 5.25. The van der Waals surface area contributed by atoms with Gasteiger partial charge in [-0.25, -0.2) is 9.97 Å². The van der Waals surface area contributed by atoms with Crippen molar-refractivity contribution in [2.24, 2.45) is 5.92 Å². The molecular formula is C29H34N4O. The lowest BCUT2D eigenvalue weighted by Gasteiger charge is -2.35. The highest BCUT2D eigenvalue weighted by molar-refractivity contribution is 5.99. The van der Waals surface area contributed by atoms with E-state index in [2.05, 4.69) is 59.3 Å². The monoisotopic (exact) mass is 454 g/mol. The van der Waals surface area contributed by atoms with Crippen molar-refractivity contribution < 1.29 is 4.79 Å². The molecule has 1 amide bonds. The number of anilines is 1. The number of hydrogen-bond donors (Lipinski definition) is 0. The number of amides is 1. The van der Waals surface area contributed by atoms with E-state index < -0.39 is 0 Å². The number of aromatic nitrogens is 2. The second kappa shape index (κ2) is 10.4. The number of piperidine rings is 2. The smallest absolute Gasteiger partial charge is 0.259 e. The molecule has 0 bridgehead atoms. The topological polar surface area (TPSA) is 49.3 Å². The lowest BCUT2D eigenvalue weighted by Crippen LogP contribution is -2.39. The highest BCUT2D eigenvalue weighted by Crippen LogP contribution is 2.30. The molecule has 34 heavy (non-hydrogen) atoms. The molecule has 0 unspecified atom stereocenters. The fourth-order valence-corrected chi connectivity index (χ4v) is 5.25. The number of benzene rings is 2. The first-order chi connectivity index (χ1) is 16.7. The first-order valence-corrected chi connectivity index (χ1v) is 12.7. The van der Waals surface area contributed by atoms with Gasteiger partial charge in [-0.05, 0) is 63.0 Å². The third-order valence-corrected chi connectivity index (χ3v) is 7.20. The largest absolute Gasteiger partial charge is 0.356 e. The number of likely N-dealkylation sites (tertiary alicyclic amines) is 1. The second-order valence-electron chi connectivity index (χ2n) is 9.77. The molecular weight excluding hydrogens is 420 g/mol. The highest BCUT2D eigenvalue weighted by atomic mass is 16.2. The summed E-state index contributed by atoms with van der Waals surface area (Å²) in [7, 11) is 0. The number of hydrogen-bond acceptors (Lipinski definition) is 4. The molecule has 0 N–H and O–H groups in total. The minimum atomic E-state index is 0.0805. The van der Waals surface area contributed by atoms with E-state index in [-0.39, 0.29) is 5.91 Å². The van der Waals surface area contributed by atoms with Gasteiger partial charge in [0.05, 0.1) is 0 Å². The number of carbonyl (C=O) groups is 1. The summed E-state index contributed by atoms with van der Waals surface area (Å²) in [5.41, 5.74) is 4.24. The van der Waals surface area contributed by atoms with Crippen molar-refractivity contribution in [3.63, 3.8) is 0 Å². The summed E-state index contributed by atoms with van der Waals surface area (Å²) in [4.78, 5) is 27.4. The maximum absolute atomic E-state index is 13.5. The van der Waals surface area contributed by atoms with Crippen LogP contribution in [0.5, 0.6) is 0 Å². The van der Waals surface area contributed by atoms with Crippen molar-refractivity contribution in [1.29, 1.82) is 0 Å². The summed E-state index contributed by atoms with van der Waals surface area (Å²) in [5, 5.41) is 0. The Bertz CT molecular complexity index is 1120. The summed E-state index contributed by atoms with van der Waals surface area (Å²) in [5.74, 6) is 2.25. The normalized spacial score (nSPS) is 17.1. The Morgan fingerprint density at radius 3 is 2.44 bits per heavy atom. The zero-order valence-corrected chi connectivity index (χ0v) is 20.1. The Morgan fingerprint density at radius 2 is 1.71 bits per heavy atom. The summed E-state index contributed by atoms with van der Waals surface area (Å²) < 4.78 is 0. The van der Waals surface area contributed by atoms with Gasteiger partial charge in [0.25, 0.3) is 5.91 Å². The summed E-state index contributed by atoms with van der Waals surface area (Å²) in [6.45, 7) is 5.58. The molecule has 2 saturated heterocycles. The third kappa shape index (κ3) is 5.14. The van der Waals surface area contributed by atoms with E-state index >= 15 is 0 Å². The molecule has 0 radical (unpaired) electrons. The van der Waals surface area contributed by atoms with Crippen LogP contribution in [0.3, 0.4) is 0 Å². The SMILES string of the molecule is Cc1cccc(-c2ncc(C(=O)N3CCCCC3)c(N3CCC(Cc4ccccc4)CC3)n2)c1. The van der Waals surface area contributed by atoms with E-state index in [1.54, 1.807) is 6.20 Å². The Balaban J connectivity index is 1.40. The summed E-state index contributed by atoms with van der Waals surface area (Å²) in [6.07, 6.45) is 8.46. The average Bonchev–Trinajstić information content (AvgIpc) is 2.89. The van der Waals surface area contributed by atoms with Crippen LogP contribution in [0.1, 0.15) is 53.6 Å². The number of nitrogens with zero attached hydrogens (tertiary/aromatic N) is 4. The molecule has 0 aliphatic carbocycles. The molecule has 3 heterocycles. The van der Waals surface area contributed by atoms with Crippen molar-refractivity contribution in [2.75, 3.05) is 31.1 Å². The molecule has 0 saturated carbocycles. The molecule has 2 fully saturated rings. The third-order valence-electron chi connectivity index (χ3n) is 7.20. The maximum Gasteiger partial charge on any atom is 0.259 e. The zero-order valence-electron chi connectivity index (χ0n) is 20.1. The van der Waals surface area contributed by atoms with Gasteiger partial charge in [-0.2, -0.15) is 0 Å². The predicted molar refractivity (Wildman–Crippen MR) is 137 cm³/mol. The average molecular weight is 455 g/mol. The molecule has 176 valence electrons. The number of aryl methyl sites for hydroxylation is 1. The lowest BCUT2D eigenvalue weighted by molar-refractivity contribution is 0.0724. The molecule has 3 aromatic rings. The first kappa shape index (κ1) is 22.6. The van der Waals surface area contributed by atoms with Crippen molar-refractivity contribution in [3.05, 3.63) is 77.5 Å². The zero-order chi connectivity index (χ0) is 23.3. The van der Waals surface area contributed by atoms with Gasteiger partial charge in [0, 0.05) is 37.9 Å². The van der Waals surface area contributed by atoms with Gasteiger partial charge < -0.3 is 9.80 Å². The second-order valence-corrected chi connectivity index (χ2v) is 9.77. The van der Waals surface area contributed by atoms with Gasteiger partial charge in [-0.15, -0.1) is 0 Å². The molecule has 5 nitrogen and oxygen atoms in total. The van der Waals surface area contributed by atoms with E-state index in [9.17, 15) is 4.79 Å². The van der Waals surface area contributed by atoms with E-state index in [0.29, 0.717) is 17.3 Å². The van der Waals surface area contributed by atoms with Crippen LogP contribution >= 0.6 is 0 Å². The van der Waals surface area contributed by atoms with Crippen molar-refractivity contribution in [3.8, 4) is 11.4 Å². The van der Waals surface area contributed by atoms with Crippen LogP contribution < -0.4 is 4.90 Å². The highest BCUT2D eigenvalue weighted by Gasteiger charge is 2.28. The molecule has 5 rings (SSSR count). The van der Waals surface area contributed by atoms with Gasteiger partial charge in [0.2, 0.25) is 0 Å². The van der Waals surface area contributed by atoms with Crippen molar-refractivity contribution >= 4 is 11.7 Å². The molecule has 0 atom stereocenters. The van der Waals surface area contributed by atoms with E-state index in [1.807, 2.05) is 17.0 Å². The van der Waals surface area contributed by atoms with Crippen LogP contribution in [0.15, 0.2) is 60.8 Å².